The lowest BCUT2D eigenvalue weighted by atomic mass is 10.0. The third kappa shape index (κ3) is 2.17. The number of nitrogens with two attached hydrogens (primary N) is 1. The summed E-state index contributed by atoms with van der Waals surface area (Å²) >= 11 is 1.30. The minimum Gasteiger partial charge on any atom is -0.390 e. The Morgan fingerprint density at radius 3 is 2.48 bits per heavy atom. The average Bonchev–Trinajstić information content (AvgIpc) is 3.15. The number of nitrogen functional groups attached to an aromatic ring is 1. The lowest BCUT2D eigenvalue weighted by Crippen LogP contribution is -1.89. The number of nitrogens with one attached hydrogen (secondary N) is 1. The molecular formula is C18H12N4S. The molecule has 5 heteroatoms. The van der Waals surface area contributed by atoms with Gasteiger partial charge >= 0.3 is 0 Å². The maximum Gasteiger partial charge on any atom is 0.142 e. The molecule has 0 amide bonds. The predicted molar refractivity (Wildman–Crippen MR) is 94.0 cm³/mol. The van der Waals surface area contributed by atoms with E-state index in [9.17, 15) is 5.26 Å². The Morgan fingerprint density at radius 2 is 1.74 bits per heavy atom. The number of para-hydroxylation sites is 2. The van der Waals surface area contributed by atoms with E-state index in [4.69, 9.17) is 5.73 Å². The molecule has 2 heterocycles. The molecule has 4 rings (SSSR count). The summed E-state index contributed by atoms with van der Waals surface area (Å²) in [5.41, 5.74) is 10.7. The van der Waals surface area contributed by atoms with Gasteiger partial charge in [-0.1, -0.05) is 42.5 Å². The summed E-state index contributed by atoms with van der Waals surface area (Å²) < 4.78 is 0. The van der Waals surface area contributed by atoms with Crippen LogP contribution in [0.2, 0.25) is 0 Å². The molecule has 0 atom stereocenters. The first-order valence-corrected chi connectivity index (χ1v) is 7.92. The molecule has 0 bridgehead atoms. The monoisotopic (exact) mass is 316 g/mol. The Balaban J connectivity index is 2.02. The van der Waals surface area contributed by atoms with E-state index in [2.05, 4.69) is 16.0 Å². The highest BCUT2D eigenvalue weighted by atomic mass is 32.1. The zero-order chi connectivity index (χ0) is 15.8. The number of benzene rings is 2. The highest BCUT2D eigenvalue weighted by molar-refractivity contribution is 7.17. The molecular weight excluding hydrogens is 304 g/mol. The van der Waals surface area contributed by atoms with Crippen LogP contribution >= 0.6 is 11.3 Å². The van der Waals surface area contributed by atoms with Gasteiger partial charge in [-0.3, -0.25) is 0 Å². The molecule has 2 aromatic carbocycles. The molecule has 0 radical (unpaired) electrons. The molecule has 0 saturated carbocycles. The second kappa shape index (κ2) is 5.27. The number of anilines is 1. The quantitative estimate of drug-likeness (QED) is 0.575. The molecule has 3 N–H and O–H groups in total. The second-order valence-electron chi connectivity index (χ2n) is 5.13. The molecule has 4 nitrogen and oxygen atoms in total. The van der Waals surface area contributed by atoms with Crippen LogP contribution in [0.1, 0.15) is 4.88 Å². The summed E-state index contributed by atoms with van der Waals surface area (Å²) in [6.45, 7) is 0. The number of nitrogens with zero attached hydrogens (tertiary/aromatic N) is 2. The topological polar surface area (TPSA) is 78.5 Å². The second-order valence-corrected chi connectivity index (χ2v) is 6.18. The van der Waals surface area contributed by atoms with Crippen molar-refractivity contribution in [2.45, 2.75) is 0 Å². The molecule has 0 unspecified atom stereocenters. The van der Waals surface area contributed by atoms with Gasteiger partial charge in [0.25, 0.3) is 0 Å². The summed E-state index contributed by atoms with van der Waals surface area (Å²) in [7, 11) is 0. The first-order chi connectivity index (χ1) is 11.3. The Hall–Kier alpha value is -3.10. The van der Waals surface area contributed by atoms with Crippen molar-refractivity contribution in [2.75, 3.05) is 5.73 Å². The highest BCUT2D eigenvalue weighted by Crippen LogP contribution is 2.43. The van der Waals surface area contributed by atoms with E-state index in [0.717, 1.165) is 27.7 Å². The van der Waals surface area contributed by atoms with Crippen LogP contribution in [-0.4, -0.2) is 9.97 Å². The van der Waals surface area contributed by atoms with E-state index in [1.807, 2.05) is 54.6 Å². The summed E-state index contributed by atoms with van der Waals surface area (Å²) in [6, 6.07) is 19.9. The molecule has 0 saturated heterocycles. The number of imidazole rings is 1. The van der Waals surface area contributed by atoms with Gasteiger partial charge in [0.2, 0.25) is 0 Å². The van der Waals surface area contributed by atoms with Crippen LogP contribution in [0, 0.1) is 11.3 Å². The van der Waals surface area contributed by atoms with Crippen molar-refractivity contribution >= 4 is 27.4 Å². The molecule has 0 aliphatic heterocycles. The normalized spacial score (nSPS) is 10.7. The van der Waals surface area contributed by atoms with Crippen molar-refractivity contribution in [1.29, 1.82) is 5.26 Å². The molecule has 0 aliphatic rings. The van der Waals surface area contributed by atoms with Gasteiger partial charge in [0, 0.05) is 5.56 Å². The Kier molecular flexibility index (Phi) is 3.11. The smallest absolute Gasteiger partial charge is 0.142 e. The number of rotatable bonds is 2. The van der Waals surface area contributed by atoms with Gasteiger partial charge in [-0.25, -0.2) is 4.98 Å². The van der Waals surface area contributed by atoms with E-state index >= 15 is 0 Å². The molecule has 23 heavy (non-hydrogen) atoms. The predicted octanol–water partition coefficient (Wildman–Crippen LogP) is 4.41. The number of thiophene rings is 1. The number of fused-ring (bicyclic) bond motifs is 1. The van der Waals surface area contributed by atoms with Crippen LogP contribution in [0.4, 0.5) is 5.00 Å². The fourth-order valence-corrected chi connectivity index (χ4v) is 3.60. The summed E-state index contributed by atoms with van der Waals surface area (Å²) in [5, 5.41) is 10.1. The van der Waals surface area contributed by atoms with Gasteiger partial charge in [0.15, 0.2) is 0 Å². The average molecular weight is 316 g/mol. The van der Waals surface area contributed by atoms with Crippen LogP contribution in [0.5, 0.6) is 0 Å². The molecule has 0 aliphatic carbocycles. The molecule has 0 fully saturated rings. The Bertz CT molecular complexity index is 1010. The van der Waals surface area contributed by atoms with Crippen molar-refractivity contribution in [3.8, 4) is 28.6 Å². The van der Waals surface area contributed by atoms with Crippen molar-refractivity contribution in [3.05, 3.63) is 59.5 Å². The van der Waals surface area contributed by atoms with Crippen LogP contribution < -0.4 is 5.73 Å². The van der Waals surface area contributed by atoms with Crippen molar-refractivity contribution in [2.24, 2.45) is 0 Å². The standard InChI is InChI=1S/C18H12N4S/c19-10-14-15(11-6-2-1-3-7-11)16(17(20)23-14)18-21-12-8-4-5-9-13(12)22-18/h1-9H,20H2,(H,21,22). The fraction of sp³-hybridized carbons (Fsp3) is 0. The van der Waals surface area contributed by atoms with Crippen LogP contribution in [-0.2, 0) is 0 Å². The minimum atomic E-state index is 0.597. The number of hydrogen-bond acceptors (Lipinski definition) is 4. The molecule has 4 aromatic rings. The third-order valence-corrected chi connectivity index (χ3v) is 4.65. The fourth-order valence-electron chi connectivity index (χ4n) is 2.71. The number of aromatic amines is 1. The van der Waals surface area contributed by atoms with Crippen LogP contribution in [0.3, 0.4) is 0 Å². The van der Waals surface area contributed by atoms with E-state index in [1.165, 1.54) is 11.3 Å². The van der Waals surface area contributed by atoms with Gasteiger partial charge in [0.05, 0.1) is 21.6 Å². The molecule has 110 valence electrons. The van der Waals surface area contributed by atoms with E-state index in [1.54, 1.807) is 0 Å². The van der Waals surface area contributed by atoms with E-state index in [-0.39, 0.29) is 0 Å². The van der Waals surface area contributed by atoms with Gasteiger partial charge in [-0.15, -0.1) is 11.3 Å². The number of aromatic nitrogens is 2. The number of hydrogen-bond donors (Lipinski definition) is 2. The summed E-state index contributed by atoms with van der Waals surface area (Å²) in [6.07, 6.45) is 0. The maximum atomic E-state index is 9.48. The minimum absolute atomic E-state index is 0.597. The summed E-state index contributed by atoms with van der Waals surface area (Å²) in [4.78, 5) is 8.55. The van der Waals surface area contributed by atoms with Gasteiger partial charge in [0.1, 0.15) is 16.8 Å². The number of H-pyrrole nitrogens is 1. The van der Waals surface area contributed by atoms with Crippen LogP contribution in [0.25, 0.3) is 33.5 Å². The Labute approximate surface area is 136 Å². The van der Waals surface area contributed by atoms with Gasteiger partial charge in [-0.2, -0.15) is 5.26 Å². The van der Waals surface area contributed by atoms with Crippen molar-refractivity contribution < 1.29 is 0 Å². The summed E-state index contributed by atoms with van der Waals surface area (Å²) in [5.74, 6) is 0.695. The Morgan fingerprint density at radius 1 is 1.00 bits per heavy atom. The first-order valence-electron chi connectivity index (χ1n) is 7.11. The lowest BCUT2D eigenvalue weighted by Gasteiger charge is -2.04. The first kappa shape index (κ1) is 13.6. The molecule has 0 spiro atoms. The maximum absolute atomic E-state index is 9.48. The highest BCUT2D eigenvalue weighted by Gasteiger charge is 2.21. The third-order valence-electron chi connectivity index (χ3n) is 3.73. The van der Waals surface area contributed by atoms with Gasteiger partial charge < -0.3 is 10.7 Å². The van der Waals surface area contributed by atoms with Crippen LogP contribution in [0.15, 0.2) is 54.6 Å². The zero-order valence-corrected chi connectivity index (χ0v) is 12.9. The SMILES string of the molecule is N#Cc1sc(N)c(-c2nc3ccccc3[nH]2)c1-c1ccccc1. The van der Waals surface area contributed by atoms with Crippen molar-refractivity contribution in [1.82, 2.24) is 9.97 Å². The van der Waals surface area contributed by atoms with Gasteiger partial charge in [-0.05, 0) is 17.7 Å². The van der Waals surface area contributed by atoms with E-state index in [0.29, 0.717) is 15.7 Å². The van der Waals surface area contributed by atoms with E-state index < -0.39 is 0 Å². The number of nitriles is 1. The molecule has 2 aromatic heterocycles. The van der Waals surface area contributed by atoms with Crippen molar-refractivity contribution in [3.63, 3.8) is 0 Å². The zero-order valence-electron chi connectivity index (χ0n) is 12.1. The largest absolute Gasteiger partial charge is 0.390 e. The lowest BCUT2D eigenvalue weighted by molar-refractivity contribution is 1.34.